The van der Waals surface area contributed by atoms with E-state index in [1.807, 2.05) is 0 Å². The van der Waals surface area contributed by atoms with Crippen LogP contribution in [0.5, 0.6) is 0 Å². The highest BCUT2D eigenvalue weighted by Gasteiger charge is 2.17. The van der Waals surface area contributed by atoms with E-state index in [0.29, 0.717) is 0 Å². The van der Waals surface area contributed by atoms with Gasteiger partial charge >= 0.3 is 0 Å². The van der Waals surface area contributed by atoms with Gasteiger partial charge in [-0.15, -0.1) is 0 Å². The molecule has 1 aromatic rings. The van der Waals surface area contributed by atoms with E-state index < -0.39 is 8.07 Å². The molecule has 16 heavy (non-hydrogen) atoms. The minimum absolute atomic E-state index is 0.872. The quantitative estimate of drug-likeness (QED) is 0.667. The summed E-state index contributed by atoms with van der Waals surface area (Å²) < 4.78 is 0. The Kier molecular flexibility index (Phi) is 5.06. The predicted molar refractivity (Wildman–Crippen MR) is 77.1 cm³/mol. The molecule has 0 amide bonds. The number of anilines is 1. The standard InChI is InChI=1S/C14H25NSi/c1-5-16(3,4)13-9-12-15(2)14-10-7-6-8-11-14/h6-8,10-11H,5,9,12-13H2,1-4H3. The summed E-state index contributed by atoms with van der Waals surface area (Å²) in [5, 5.41) is 0. The summed E-state index contributed by atoms with van der Waals surface area (Å²) in [6.07, 6.45) is 1.33. The van der Waals surface area contributed by atoms with Crippen molar-refractivity contribution in [3.05, 3.63) is 30.3 Å². The first-order chi connectivity index (χ1) is 7.55. The lowest BCUT2D eigenvalue weighted by Crippen LogP contribution is -2.26. The van der Waals surface area contributed by atoms with Crippen molar-refractivity contribution in [3.8, 4) is 0 Å². The van der Waals surface area contributed by atoms with Crippen molar-refractivity contribution in [2.75, 3.05) is 18.5 Å². The van der Waals surface area contributed by atoms with Crippen molar-refractivity contribution < 1.29 is 0 Å². The van der Waals surface area contributed by atoms with Crippen LogP contribution in [0.15, 0.2) is 30.3 Å². The molecule has 0 aliphatic heterocycles. The lowest BCUT2D eigenvalue weighted by molar-refractivity contribution is 0.838. The topological polar surface area (TPSA) is 3.24 Å². The van der Waals surface area contributed by atoms with Crippen LogP contribution in [0.25, 0.3) is 0 Å². The summed E-state index contributed by atoms with van der Waals surface area (Å²) >= 11 is 0. The third kappa shape index (κ3) is 4.39. The maximum absolute atomic E-state index is 2.50. The van der Waals surface area contributed by atoms with Crippen molar-refractivity contribution >= 4 is 13.8 Å². The molecule has 0 radical (unpaired) electrons. The van der Waals surface area contributed by atoms with E-state index >= 15 is 0 Å². The first-order valence-electron chi connectivity index (χ1n) is 6.31. The van der Waals surface area contributed by atoms with E-state index in [4.69, 9.17) is 0 Å². The molecule has 0 saturated carbocycles. The Morgan fingerprint density at radius 3 is 2.31 bits per heavy atom. The van der Waals surface area contributed by atoms with Crippen LogP contribution in [-0.4, -0.2) is 21.7 Å². The first-order valence-corrected chi connectivity index (χ1v) is 9.73. The van der Waals surface area contributed by atoms with Gasteiger partial charge in [0, 0.05) is 27.4 Å². The zero-order valence-electron chi connectivity index (χ0n) is 11.2. The fourth-order valence-corrected chi connectivity index (χ4v) is 3.25. The molecular weight excluding hydrogens is 210 g/mol. The molecule has 0 saturated heterocycles. The Morgan fingerprint density at radius 2 is 1.75 bits per heavy atom. The van der Waals surface area contributed by atoms with Gasteiger partial charge in [-0.2, -0.15) is 0 Å². The average molecular weight is 235 g/mol. The Balaban J connectivity index is 2.34. The number of para-hydroxylation sites is 1. The smallest absolute Gasteiger partial charge is 0.0471 e. The number of hydrogen-bond acceptors (Lipinski definition) is 1. The second-order valence-corrected chi connectivity index (χ2v) is 10.9. The largest absolute Gasteiger partial charge is 0.375 e. The Morgan fingerprint density at radius 1 is 1.12 bits per heavy atom. The third-order valence-corrected chi connectivity index (χ3v) is 7.12. The van der Waals surface area contributed by atoms with Crippen molar-refractivity contribution in [2.24, 2.45) is 0 Å². The van der Waals surface area contributed by atoms with E-state index in [0.717, 1.165) is 0 Å². The van der Waals surface area contributed by atoms with E-state index in [-0.39, 0.29) is 0 Å². The lowest BCUT2D eigenvalue weighted by Gasteiger charge is -2.23. The molecule has 0 aliphatic rings. The number of nitrogens with zero attached hydrogens (tertiary/aromatic N) is 1. The molecular formula is C14H25NSi. The fraction of sp³-hybridized carbons (Fsp3) is 0.571. The Labute approximate surface area is 101 Å². The SMILES string of the molecule is CC[Si](C)(C)CCCN(C)c1ccccc1. The molecule has 1 aromatic carbocycles. The van der Waals surface area contributed by atoms with Gasteiger partial charge < -0.3 is 4.90 Å². The van der Waals surface area contributed by atoms with E-state index in [2.05, 4.69) is 62.3 Å². The van der Waals surface area contributed by atoms with Gasteiger partial charge in [-0.1, -0.05) is 50.3 Å². The van der Waals surface area contributed by atoms with Gasteiger partial charge in [0.25, 0.3) is 0 Å². The Bertz CT molecular complexity index is 295. The van der Waals surface area contributed by atoms with Gasteiger partial charge in [0.15, 0.2) is 0 Å². The molecule has 0 bridgehead atoms. The van der Waals surface area contributed by atoms with Gasteiger partial charge in [0.2, 0.25) is 0 Å². The Hall–Kier alpha value is -0.763. The van der Waals surface area contributed by atoms with Crippen LogP contribution < -0.4 is 4.90 Å². The van der Waals surface area contributed by atoms with Crippen LogP contribution >= 0.6 is 0 Å². The lowest BCUT2D eigenvalue weighted by atomic mass is 10.3. The summed E-state index contributed by atoms with van der Waals surface area (Å²) in [5.41, 5.74) is 1.33. The van der Waals surface area contributed by atoms with Crippen LogP contribution in [0.1, 0.15) is 13.3 Å². The van der Waals surface area contributed by atoms with Crippen molar-refractivity contribution in [2.45, 2.75) is 38.5 Å². The molecule has 0 aromatic heterocycles. The summed E-state index contributed by atoms with van der Waals surface area (Å²) in [7, 11) is 1.32. The molecule has 0 heterocycles. The molecule has 1 rings (SSSR count). The van der Waals surface area contributed by atoms with E-state index in [1.165, 1.54) is 30.7 Å². The molecule has 0 aliphatic carbocycles. The van der Waals surface area contributed by atoms with Crippen molar-refractivity contribution in [1.29, 1.82) is 0 Å². The maximum Gasteiger partial charge on any atom is 0.0471 e. The molecule has 0 fully saturated rings. The molecule has 1 nitrogen and oxygen atoms in total. The fourth-order valence-electron chi connectivity index (χ4n) is 1.78. The van der Waals surface area contributed by atoms with E-state index in [9.17, 15) is 0 Å². The average Bonchev–Trinajstić information content (AvgIpc) is 2.30. The van der Waals surface area contributed by atoms with Gasteiger partial charge in [-0.05, 0) is 18.6 Å². The first kappa shape index (κ1) is 13.3. The highest BCUT2D eigenvalue weighted by molar-refractivity contribution is 6.77. The highest BCUT2D eigenvalue weighted by atomic mass is 28.3. The minimum atomic E-state index is -0.872. The van der Waals surface area contributed by atoms with Crippen LogP contribution in [0.3, 0.4) is 0 Å². The normalized spacial score (nSPS) is 11.5. The second kappa shape index (κ2) is 6.09. The van der Waals surface area contributed by atoms with Gasteiger partial charge in [0.1, 0.15) is 0 Å². The van der Waals surface area contributed by atoms with Crippen LogP contribution in [0.4, 0.5) is 5.69 Å². The van der Waals surface area contributed by atoms with E-state index in [1.54, 1.807) is 0 Å². The zero-order valence-corrected chi connectivity index (χ0v) is 12.2. The monoisotopic (exact) mass is 235 g/mol. The number of benzene rings is 1. The van der Waals surface area contributed by atoms with Gasteiger partial charge in [-0.25, -0.2) is 0 Å². The number of hydrogen-bond donors (Lipinski definition) is 0. The highest BCUT2D eigenvalue weighted by Crippen LogP contribution is 2.18. The third-order valence-electron chi connectivity index (χ3n) is 3.50. The zero-order chi connectivity index (χ0) is 12.0. The summed E-state index contributed by atoms with van der Waals surface area (Å²) in [6.45, 7) is 8.51. The van der Waals surface area contributed by atoms with Crippen LogP contribution in [0.2, 0.25) is 25.2 Å². The number of rotatable bonds is 6. The summed E-state index contributed by atoms with van der Waals surface area (Å²) in [4.78, 5) is 2.36. The molecule has 0 spiro atoms. The predicted octanol–water partition coefficient (Wildman–Crippen LogP) is 4.24. The van der Waals surface area contributed by atoms with Crippen LogP contribution in [0, 0.1) is 0 Å². The van der Waals surface area contributed by atoms with Crippen LogP contribution in [-0.2, 0) is 0 Å². The molecule has 0 N–H and O–H groups in total. The maximum atomic E-state index is 2.50. The van der Waals surface area contributed by atoms with Crippen molar-refractivity contribution in [3.63, 3.8) is 0 Å². The molecule has 2 heteroatoms. The summed E-state index contributed by atoms with van der Waals surface area (Å²) in [5.74, 6) is 0. The second-order valence-electron chi connectivity index (χ2n) is 5.38. The molecule has 0 atom stereocenters. The molecule has 0 unspecified atom stereocenters. The van der Waals surface area contributed by atoms with Crippen molar-refractivity contribution in [1.82, 2.24) is 0 Å². The summed E-state index contributed by atoms with van der Waals surface area (Å²) in [6, 6.07) is 13.5. The van der Waals surface area contributed by atoms with Gasteiger partial charge in [-0.3, -0.25) is 0 Å². The van der Waals surface area contributed by atoms with Gasteiger partial charge in [0.05, 0.1) is 0 Å². The minimum Gasteiger partial charge on any atom is -0.375 e. The molecule has 90 valence electrons.